The molecule has 4 nitrogen and oxygen atoms in total. The molecule has 0 aliphatic rings. The lowest BCUT2D eigenvalue weighted by Crippen LogP contribution is -2.17. The van der Waals surface area contributed by atoms with Gasteiger partial charge < -0.3 is 9.47 Å². The van der Waals surface area contributed by atoms with E-state index in [1.807, 2.05) is 31.2 Å². The molecule has 27 heavy (non-hydrogen) atoms. The number of ether oxygens (including phenoxy) is 2. The van der Waals surface area contributed by atoms with Gasteiger partial charge in [-0.25, -0.2) is 4.79 Å². The number of rotatable bonds is 5. The summed E-state index contributed by atoms with van der Waals surface area (Å²) in [7, 11) is 0. The minimum absolute atomic E-state index is 0.196. The number of carbonyl (C=O) groups is 1. The molecule has 0 spiro atoms. The first-order chi connectivity index (χ1) is 13.0. The summed E-state index contributed by atoms with van der Waals surface area (Å²) in [6.07, 6.45) is 0. The van der Waals surface area contributed by atoms with E-state index in [4.69, 9.17) is 26.3 Å². The van der Waals surface area contributed by atoms with Gasteiger partial charge in [0.05, 0.1) is 11.6 Å². The number of nitriles is 1. The SMILES string of the molecule is Cc1cc(OCC(=O)Oc2ccc(-c3ccc(C#N)cc3)cc2)ccc1Cl. The van der Waals surface area contributed by atoms with Crippen LogP contribution in [0.4, 0.5) is 0 Å². The van der Waals surface area contributed by atoms with E-state index >= 15 is 0 Å². The van der Waals surface area contributed by atoms with Crippen LogP contribution in [0.5, 0.6) is 11.5 Å². The summed E-state index contributed by atoms with van der Waals surface area (Å²) < 4.78 is 10.7. The van der Waals surface area contributed by atoms with Gasteiger partial charge in [-0.1, -0.05) is 35.9 Å². The van der Waals surface area contributed by atoms with E-state index < -0.39 is 5.97 Å². The Morgan fingerprint density at radius 3 is 2.15 bits per heavy atom. The second kappa shape index (κ2) is 8.39. The number of nitrogens with zero attached hydrogens (tertiary/aromatic N) is 1. The minimum atomic E-state index is -0.492. The van der Waals surface area contributed by atoms with E-state index in [1.54, 1.807) is 42.5 Å². The van der Waals surface area contributed by atoms with Crippen molar-refractivity contribution in [1.82, 2.24) is 0 Å². The molecule has 3 aromatic carbocycles. The Morgan fingerprint density at radius 2 is 1.56 bits per heavy atom. The van der Waals surface area contributed by atoms with E-state index in [1.165, 1.54) is 0 Å². The van der Waals surface area contributed by atoms with Gasteiger partial charge in [0.2, 0.25) is 0 Å². The van der Waals surface area contributed by atoms with Crippen LogP contribution in [-0.4, -0.2) is 12.6 Å². The molecule has 0 aliphatic heterocycles. The fraction of sp³-hybridized carbons (Fsp3) is 0.0909. The van der Waals surface area contributed by atoms with Gasteiger partial charge in [0.15, 0.2) is 6.61 Å². The zero-order valence-corrected chi connectivity index (χ0v) is 15.4. The van der Waals surface area contributed by atoms with Crippen LogP contribution in [0.3, 0.4) is 0 Å². The molecule has 3 rings (SSSR count). The van der Waals surface area contributed by atoms with Crippen molar-refractivity contribution in [3.05, 3.63) is 82.9 Å². The van der Waals surface area contributed by atoms with Crippen molar-refractivity contribution in [2.75, 3.05) is 6.61 Å². The smallest absolute Gasteiger partial charge is 0.349 e. The lowest BCUT2D eigenvalue weighted by atomic mass is 10.0. The Balaban J connectivity index is 1.57. The number of hydrogen-bond donors (Lipinski definition) is 0. The lowest BCUT2D eigenvalue weighted by Gasteiger charge is -2.08. The van der Waals surface area contributed by atoms with Gasteiger partial charge in [-0.15, -0.1) is 0 Å². The van der Waals surface area contributed by atoms with Crippen molar-refractivity contribution in [1.29, 1.82) is 5.26 Å². The molecule has 0 fully saturated rings. The fourth-order valence-corrected chi connectivity index (χ4v) is 2.58. The van der Waals surface area contributed by atoms with Gasteiger partial charge in [-0.2, -0.15) is 5.26 Å². The Kier molecular flexibility index (Phi) is 5.75. The Morgan fingerprint density at radius 1 is 0.963 bits per heavy atom. The molecule has 0 amide bonds. The van der Waals surface area contributed by atoms with Crippen molar-refractivity contribution < 1.29 is 14.3 Å². The molecule has 0 atom stereocenters. The van der Waals surface area contributed by atoms with Crippen LogP contribution in [0.1, 0.15) is 11.1 Å². The summed E-state index contributed by atoms with van der Waals surface area (Å²) in [5.74, 6) is 0.507. The standard InChI is InChI=1S/C22H16ClNO3/c1-15-12-20(10-11-21(15)23)26-14-22(25)27-19-8-6-18(7-9-19)17-4-2-16(13-24)3-5-17/h2-12H,14H2,1H3. The highest BCUT2D eigenvalue weighted by atomic mass is 35.5. The van der Waals surface area contributed by atoms with Crippen molar-refractivity contribution in [2.45, 2.75) is 6.92 Å². The average molecular weight is 378 g/mol. The van der Waals surface area contributed by atoms with E-state index in [-0.39, 0.29) is 6.61 Å². The molecule has 3 aromatic rings. The molecule has 0 unspecified atom stereocenters. The van der Waals surface area contributed by atoms with E-state index in [2.05, 4.69) is 6.07 Å². The first-order valence-electron chi connectivity index (χ1n) is 8.25. The summed E-state index contributed by atoms with van der Waals surface area (Å²) in [6, 6.07) is 21.7. The molecule has 0 aliphatic carbocycles. The Hall–Kier alpha value is -3.29. The molecule has 0 saturated carbocycles. The Labute approximate surface area is 162 Å². The van der Waals surface area contributed by atoms with Gasteiger partial charge in [-0.3, -0.25) is 0 Å². The molecule has 134 valence electrons. The van der Waals surface area contributed by atoms with Crippen molar-refractivity contribution >= 4 is 17.6 Å². The normalized spacial score (nSPS) is 10.1. The molecule has 0 aromatic heterocycles. The number of esters is 1. The Bertz CT molecular complexity index is 990. The summed E-state index contributed by atoms with van der Waals surface area (Å²) in [5.41, 5.74) is 3.43. The zero-order chi connectivity index (χ0) is 19.2. The second-order valence-electron chi connectivity index (χ2n) is 5.89. The molecule has 0 saturated heterocycles. The topological polar surface area (TPSA) is 59.3 Å². The molecule has 0 N–H and O–H groups in total. The predicted molar refractivity (Wildman–Crippen MR) is 104 cm³/mol. The minimum Gasteiger partial charge on any atom is -0.482 e. The molecular formula is C22H16ClNO3. The quantitative estimate of drug-likeness (QED) is 0.454. The molecular weight excluding hydrogens is 362 g/mol. The largest absolute Gasteiger partial charge is 0.482 e. The van der Waals surface area contributed by atoms with Gasteiger partial charge in [-0.05, 0) is 66.1 Å². The lowest BCUT2D eigenvalue weighted by molar-refractivity contribution is -0.136. The third-order valence-electron chi connectivity index (χ3n) is 3.92. The van der Waals surface area contributed by atoms with Crippen LogP contribution in [0.2, 0.25) is 5.02 Å². The van der Waals surface area contributed by atoms with Crippen molar-refractivity contribution in [2.24, 2.45) is 0 Å². The van der Waals surface area contributed by atoms with Gasteiger partial charge in [0.25, 0.3) is 0 Å². The first kappa shape index (κ1) is 18.5. The van der Waals surface area contributed by atoms with E-state index in [9.17, 15) is 4.79 Å². The third kappa shape index (κ3) is 4.87. The van der Waals surface area contributed by atoms with Crippen molar-refractivity contribution in [3.63, 3.8) is 0 Å². The number of aryl methyl sites for hydroxylation is 1. The van der Waals surface area contributed by atoms with Crippen LogP contribution in [0, 0.1) is 18.3 Å². The molecule has 0 radical (unpaired) electrons. The van der Waals surface area contributed by atoms with Gasteiger partial charge in [0.1, 0.15) is 11.5 Å². The first-order valence-corrected chi connectivity index (χ1v) is 8.63. The fourth-order valence-electron chi connectivity index (χ4n) is 2.46. The number of benzene rings is 3. The zero-order valence-electron chi connectivity index (χ0n) is 14.6. The second-order valence-corrected chi connectivity index (χ2v) is 6.29. The van der Waals surface area contributed by atoms with Crippen molar-refractivity contribution in [3.8, 4) is 28.7 Å². The molecule has 0 bridgehead atoms. The van der Waals surface area contributed by atoms with Crippen LogP contribution in [0.25, 0.3) is 11.1 Å². The highest BCUT2D eigenvalue weighted by Gasteiger charge is 2.08. The maximum Gasteiger partial charge on any atom is 0.349 e. The molecule has 5 heteroatoms. The average Bonchev–Trinajstić information content (AvgIpc) is 2.69. The summed E-state index contributed by atoms with van der Waals surface area (Å²) in [6.45, 7) is 1.67. The third-order valence-corrected chi connectivity index (χ3v) is 4.34. The number of hydrogen-bond acceptors (Lipinski definition) is 4. The van der Waals surface area contributed by atoms with Crippen LogP contribution in [-0.2, 0) is 4.79 Å². The summed E-state index contributed by atoms with van der Waals surface area (Å²) in [4.78, 5) is 12.0. The van der Waals surface area contributed by atoms with Crippen LogP contribution >= 0.6 is 11.6 Å². The highest BCUT2D eigenvalue weighted by Crippen LogP contribution is 2.23. The number of halogens is 1. The maximum atomic E-state index is 12.0. The summed E-state index contributed by atoms with van der Waals surface area (Å²) in [5, 5.41) is 9.49. The van der Waals surface area contributed by atoms with Crippen LogP contribution in [0.15, 0.2) is 66.7 Å². The van der Waals surface area contributed by atoms with Gasteiger partial charge >= 0.3 is 5.97 Å². The highest BCUT2D eigenvalue weighted by molar-refractivity contribution is 6.31. The summed E-state index contributed by atoms with van der Waals surface area (Å²) >= 11 is 5.96. The van der Waals surface area contributed by atoms with Gasteiger partial charge in [0, 0.05) is 5.02 Å². The predicted octanol–water partition coefficient (Wildman–Crippen LogP) is 5.17. The monoisotopic (exact) mass is 377 g/mol. The molecule has 0 heterocycles. The van der Waals surface area contributed by atoms with E-state index in [0.29, 0.717) is 22.1 Å². The maximum absolute atomic E-state index is 12.0. The van der Waals surface area contributed by atoms with Crippen LogP contribution < -0.4 is 9.47 Å². The number of carbonyl (C=O) groups excluding carboxylic acids is 1. The van der Waals surface area contributed by atoms with E-state index in [0.717, 1.165) is 16.7 Å².